The van der Waals surface area contributed by atoms with Crippen LogP contribution >= 0.6 is 0 Å². The molecule has 0 aliphatic carbocycles. The van der Waals surface area contributed by atoms with Crippen LogP contribution < -0.4 is 15.2 Å². The van der Waals surface area contributed by atoms with Crippen molar-refractivity contribution in [1.29, 1.82) is 0 Å². The van der Waals surface area contributed by atoms with Crippen molar-refractivity contribution in [2.45, 2.75) is 13.3 Å². The van der Waals surface area contributed by atoms with Crippen molar-refractivity contribution in [1.82, 2.24) is 0 Å². The van der Waals surface area contributed by atoms with Crippen molar-refractivity contribution < 1.29 is 14.3 Å². The molecule has 5 heteroatoms. The van der Waals surface area contributed by atoms with Crippen LogP contribution in [-0.2, 0) is 11.3 Å². The normalized spacial score (nSPS) is 11.3. The summed E-state index contributed by atoms with van der Waals surface area (Å²) in [6, 6.07) is 3.82. The number of methoxy groups -OCH3 is 2. The highest BCUT2D eigenvalue weighted by molar-refractivity contribution is 6.00. The Bertz CT molecular complexity index is 430. The molecule has 1 rings (SSSR count). The van der Waals surface area contributed by atoms with E-state index in [4.69, 9.17) is 20.0 Å². The van der Waals surface area contributed by atoms with Gasteiger partial charge in [0, 0.05) is 5.56 Å². The fourth-order valence-electron chi connectivity index (χ4n) is 1.81. The van der Waals surface area contributed by atoms with E-state index in [0.29, 0.717) is 18.0 Å². The van der Waals surface area contributed by atoms with Gasteiger partial charge in [0.2, 0.25) is 0 Å². The number of nitrogens with zero attached hydrogens (tertiary/aromatic N) is 1. The molecule has 100 valence electrons. The van der Waals surface area contributed by atoms with Gasteiger partial charge in [-0.25, -0.2) is 0 Å². The molecule has 0 saturated heterocycles. The maximum Gasteiger partial charge on any atom is 0.161 e. The van der Waals surface area contributed by atoms with Crippen molar-refractivity contribution in [3.8, 4) is 11.5 Å². The Kier molecular flexibility index (Phi) is 5.45. The number of benzene rings is 1. The molecule has 0 spiro atoms. The predicted molar refractivity (Wildman–Crippen MR) is 71.5 cm³/mol. The Morgan fingerprint density at radius 2 is 1.78 bits per heavy atom. The fourth-order valence-corrected chi connectivity index (χ4v) is 1.81. The van der Waals surface area contributed by atoms with Gasteiger partial charge in [0.05, 0.1) is 19.9 Å². The molecule has 0 bridgehead atoms. The second kappa shape index (κ2) is 6.86. The van der Waals surface area contributed by atoms with Crippen molar-refractivity contribution in [2.75, 3.05) is 27.9 Å². The Labute approximate surface area is 108 Å². The summed E-state index contributed by atoms with van der Waals surface area (Å²) in [5, 5.41) is 3.95. The predicted octanol–water partition coefficient (Wildman–Crippen LogP) is 1.58. The van der Waals surface area contributed by atoms with E-state index in [2.05, 4.69) is 5.16 Å². The third kappa shape index (κ3) is 3.13. The molecule has 0 unspecified atom stereocenters. The van der Waals surface area contributed by atoms with Crippen LogP contribution in [0.25, 0.3) is 0 Å². The zero-order valence-corrected chi connectivity index (χ0v) is 11.3. The van der Waals surface area contributed by atoms with Crippen LogP contribution in [0.15, 0.2) is 17.3 Å². The number of nitrogens with two attached hydrogens (primary N) is 1. The van der Waals surface area contributed by atoms with Gasteiger partial charge in [-0.3, -0.25) is 0 Å². The second-order valence-electron chi connectivity index (χ2n) is 3.76. The molecule has 0 atom stereocenters. The number of ether oxygens (including phenoxy) is 2. The molecule has 0 amide bonds. The van der Waals surface area contributed by atoms with E-state index in [1.165, 1.54) is 7.11 Å². The summed E-state index contributed by atoms with van der Waals surface area (Å²) in [5.74, 6) is 1.36. The highest BCUT2D eigenvalue weighted by atomic mass is 16.6. The first-order chi connectivity index (χ1) is 8.67. The zero-order chi connectivity index (χ0) is 13.5. The monoisotopic (exact) mass is 252 g/mol. The average Bonchev–Trinajstić information content (AvgIpc) is 2.38. The SMILES string of the molecule is CO/N=C(/C)c1cc(OC)c(OC)cc1CCN. The van der Waals surface area contributed by atoms with E-state index in [1.807, 2.05) is 19.1 Å². The minimum absolute atomic E-state index is 0.558. The van der Waals surface area contributed by atoms with Crippen LogP contribution in [0, 0.1) is 0 Å². The third-order valence-corrected chi connectivity index (χ3v) is 2.64. The number of oxime groups is 1. The van der Waals surface area contributed by atoms with E-state index in [-0.39, 0.29) is 0 Å². The van der Waals surface area contributed by atoms with Crippen molar-refractivity contribution in [2.24, 2.45) is 10.9 Å². The Hall–Kier alpha value is -1.75. The van der Waals surface area contributed by atoms with Gasteiger partial charge in [0.25, 0.3) is 0 Å². The summed E-state index contributed by atoms with van der Waals surface area (Å²) in [7, 11) is 4.74. The Morgan fingerprint density at radius 1 is 1.17 bits per heavy atom. The summed E-state index contributed by atoms with van der Waals surface area (Å²) in [6.07, 6.45) is 0.742. The number of hydrogen-bond acceptors (Lipinski definition) is 5. The molecule has 0 aliphatic heterocycles. The number of rotatable bonds is 6. The molecule has 0 radical (unpaired) electrons. The van der Waals surface area contributed by atoms with Gasteiger partial charge in [-0.1, -0.05) is 5.16 Å². The zero-order valence-electron chi connectivity index (χ0n) is 11.3. The highest BCUT2D eigenvalue weighted by Crippen LogP contribution is 2.31. The molecule has 1 aromatic carbocycles. The number of hydrogen-bond donors (Lipinski definition) is 1. The van der Waals surface area contributed by atoms with Crippen LogP contribution in [0.3, 0.4) is 0 Å². The Morgan fingerprint density at radius 3 is 2.28 bits per heavy atom. The third-order valence-electron chi connectivity index (χ3n) is 2.64. The maximum absolute atomic E-state index is 5.62. The topological polar surface area (TPSA) is 66.1 Å². The lowest BCUT2D eigenvalue weighted by Gasteiger charge is -2.14. The van der Waals surface area contributed by atoms with Crippen LogP contribution in [-0.4, -0.2) is 33.6 Å². The molecule has 18 heavy (non-hydrogen) atoms. The van der Waals surface area contributed by atoms with Crippen molar-refractivity contribution >= 4 is 5.71 Å². The first-order valence-corrected chi connectivity index (χ1v) is 5.71. The molecule has 2 N–H and O–H groups in total. The fraction of sp³-hybridized carbons (Fsp3) is 0.462. The van der Waals surface area contributed by atoms with Gasteiger partial charge in [-0.15, -0.1) is 0 Å². The van der Waals surface area contributed by atoms with Gasteiger partial charge in [0.1, 0.15) is 7.11 Å². The van der Waals surface area contributed by atoms with Gasteiger partial charge >= 0.3 is 0 Å². The molecule has 0 fully saturated rings. The second-order valence-corrected chi connectivity index (χ2v) is 3.76. The first-order valence-electron chi connectivity index (χ1n) is 5.71. The molecular formula is C13H20N2O3. The van der Waals surface area contributed by atoms with Crippen molar-refractivity contribution in [3.05, 3.63) is 23.3 Å². The molecular weight excluding hydrogens is 232 g/mol. The van der Waals surface area contributed by atoms with Crippen LogP contribution in [0.1, 0.15) is 18.1 Å². The van der Waals surface area contributed by atoms with Crippen molar-refractivity contribution in [3.63, 3.8) is 0 Å². The van der Waals surface area contributed by atoms with E-state index >= 15 is 0 Å². The van der Waals surface area contributed by atoms with Gasteiger partial charge < -0.3 is 20.0 Å². The van der Waals surface area contributed by atoms with E-state index in [0.717, 1.165) is 23.3 Å². The Balaban J connectivity index is 3.32. The summed E-state index contributed by atoms with van der Waals surface area (Å²) in [4.78, 5) is 4.81. The largest absolute Gasteiger partial charge is 0.493 e. The smallest absolute Gasteiger partial charge is 0.161 e. The van der Waals surface area contributed by atoms with Gasteiger partial charge in [-0.2, -0.15) is 0 Å². The standard InChI is InChI=1S/C13H20N2O3/c1-9(15-18-4)11-8-13(17-3)12(16-2)7-10(11)5-6-14/h7-8H,5-6,14H2,1-4H3/b15-9-. The molecule has 0 saturated carbocycles. The molecule has 0 aromatic heterocycles. The lowest BCUT2D eigenvalue weighted by atomic mass is 10.00. The van der Waals surface area contributed by atoms with Gasteiger partial charge in [0.15, 0.2) is 11.5 Å². The van der Waals surface area contributed by atoms with Crippen LogP contribution in [0.5, 0.6) is 11.5 Å². The quantitative estimate of drug-likeness (QED) is 0.616. The van der Waals surface area contributed by atoms with E-state index < -0.39 is 0 Å². The maximum atomic E-state index is 5.62. The molecule has 1 aromatic rings. The molecule has 0 heterocycles. The van der Waals surface area contributed by atoms with E-state index in [1.54, 1.807) is 14.2 Å². The summed E-state index contributed by atoms with van der Waals surface area (Å²) in [6.45, 7) is 2.44. The highest BCUT2D eigenvalue weighted by Gasteiger charge is 2.13. The van der Waals surface area contributed by atoms with Crippen LogP contribution in [0.4, 0.5) is 0 Å². The summed E-state index contributed by atoms with van der Waals surface area (Å²) >= 11 is 0. The lowest BCUT2D eigenvalue weighted by molar-refractivity contribution is 0.213. The minimum atomic E-state index is 0.558. The molecule has 5 nitrogen and oxygen atoms in total. The summed E-state index contributed by atoms with van der Waals surface area (Å²) in [5.41, 5.74) is 8.42. The lowest BCUT2D eigenvalue weighted by Crippen LogP contribution is -2.09. The minimum Gasteiger partial charge on any atom is -0.493 e. The van der Waals surface area contributed by atoms with Gasteiger partial charge in [-0.05, 0) is 37.6 Å². The first kappa shape index (κ1) is 14.3. The summed E-state index contributed by atoms with van der Waals surface area (Å²) < 4.78 is 10.6. The average molecular weight is 252 g/mol. The van der Waals surface area contributed by atoms with E-state index in [9.17, 15) is 0 Å². The molecule has 0 aliphatic rings. The van der Waals surface area contributed by atoms with Crippen LogP contribution in [0.2, 0.25) is 0 Å².